The average molecular weight is 600 g/mol. The number of H-pyrrole nitrogens is 1. The van der Waals surface area contributed by atoms with E-state index in [1.807, 2.05) is 42.6 Å². The van der Waals surface area contributed by atoms with Crippen LogP contribution in [-0.2, 0) is 10.9 Å². The van der Waals surface area contributed by atoms with Gasteiger partial charge in [0, 0.05) is 37.9 Å². The van der Waals surface area contributed by atoms with E-state index in [1.165, 1.54) is 6.07 Å². The van der Waals surface area contributed by atoms with Gasteiger partial charge in [-0.15, -0.1) is 0 Å². The average Bonchev–Trinajstić information content (AvgIpc) is 3.50. The molecule has 7 nitrogen and oxygen atoms in total. The number of aromatic carboxylic acids is 1. The summed E-state index contributed by atoms with van der Waals surface area (Å²) in [5.74, 6) is -0.483. The number of carboxylic acid groups (broad SMARTS) is 1. The van der Waals surface area contributed by atoms with Gasteiger partial charge < -0.3 is 24.5 Å². The van der Waals surface area contributed by atoms with Crippen LogP contribution < -0.4 is 9.64 Å². The Kier molecular flexibility index (Phi) is 7.02. The summed E-state index contributed by atoms with van der Waals surface area (Å²) >= 11 is 0. The highest BCUT2D eigenvalue weighted by Gasteiger charge is 2.36. The first-order valence-electron chi connectivity index (χ1n) is 14.3. The Morgan fingerprint density at radius 1 is 0.795 bits per heavy atom. The number of anilines is 2. The van der Waals surface area contributed by atoms with Gasteiger partial charge in [0.25, 0.3) is 0 Å². The van der Waals surface area contributed by atoms with E-state index in [4.69, 9.17) is 9.47 Å². The zero-order chi connectivity index (χ0) is 30.4. The third-order valence-electron chi connectivity index (χ3n) is 8.24. The summed E-state index contributed by atoms with van der Waals surface area (Å²) in [5.41, 5.74) is 3.49. The first-order chi connectivity index (χ1) is 21.2. The Balaban J connectivity index is 1.28. The standard InChI is InChI=1S/C34H28F3N3O4/c35-34(36,37)27-18-22(1-5-26(27)33(41)42)24-4-8-30-32(20-24)44-31-19-23(21-2-6-28-25(17-21)9-10-38-28)3-7-29(31)40(30)12-11-39-13-15-43-16-14-39/h1-10,17-20,38H,11-16H2,(H,41,42). The minimum Gasteiger partial charge on any atom is -0.478 e. The summed E-state index contributed by atoms with van der Waals surface area (Å²) in [6.07, 6.45) is -2.92. The van der Waals surface area contributed by atoms with Crippen LogP contribution in [0, 0.1) is 0 Å². The predicted octanol–water partition coefficient (Wildman–Crippen LogP) is 7.79. The number of rotatable bonds is 6. The number of ether oxygens (including phenoxy) is 2. The van der Waals surface area contributed by atoms with Gasteiger partial charge in [0.2, 0.25) is 0 Å². The number of morpholine rings is 1. The number of aromatic nitrogens is 1. The highest BCUT2D eigenvalue weighted by molar-refractivity contribution is 5.91. The van der Waals surface area contributed by atoms with Crippen molar-refractivity contribution in [1.29, 1.82) is 0 Å². The highest BCUT2D eigenvalue weighted by atomic mass is 19.4. The molecule has 0 atom stereocenters. The number of benzene rings is 4. The van der Waals surface area contributed by atoms with Crippen molar-refractivity contribution in [3.8, 4) is 33.8 Å². The molecule has 0 bridgehead atoms. The van der Waals surface area contributed by atoms with E-state index >= 15 is 0 Å². The van der Waals surface area contributed by atoms with Crippen molar-refractivity contribution in [2.24, 2.45) is 0 Å². The maximum absolute atomic E-state index is 13.8. The van der Waals surface area contributed by atoms with Crippen molar-refractivity contribution < 1.29 is 32.5 Å². The molecule has 0 radical (unpaired) electrons. The number of alkyl halides is 3. The minimum absolute atomic E-state index is 0.243. The number of fused-ring (bicyclic) bond motifs is 3. The fraction of sp³-hybridized carbons (Fsp3) is 0.206. The zero-order valence-corrected chi connectivity index (χ0v) is 23.5. The molecule has 1 saturated heterocycles. The maximum Gasteiger partial charge on any atom is 0.417 e. The normalized spacial score (nSPS) is 15.1. The van der Waals surface area contributed by atoms with E-state index in [0.717, 1.165) is 65.2 Å². The molecule has 0 amide bonds. The first-order valence-corrected chi connectivity index (χ1v) is 14.3. The van der Waals surface area contributed by atoms with Crippen LogP contribution in [0.3, 0.4) is 0 Å². The number of halogens is 3. The van der Waals surface area contributed by atoms with Crippen LogP contribution in [0.25, 0.3) is 33.2 Å². The molecule has 2 aliphatic rings. The molecule has 0 saturated carbocycles. The monoisotopic (exact) mass is 599 g/mol. The smallest absolute Gasteiger partial charge is 0.417 e. The predicted molar refractivity (Wildman–Crippen MR) is 162 cm³/mol. The Labute approximate surface area is 251 Å². The van der Waals surface area contributed by atoms with E-state index in [1.54, 1.807) is 12.1 Å². The molecule has 224 valence electrons. The lowest BCUT2D eigenvalue weighted by molar-refractivity contribution is -0.138. The van der Waals surface area contributed by atoms with Gasteiger partial charge in [-0.2, -0.15) is 13.2 Å². The number of carboxylic acids is 1. The summed E-state index contributed by atoms with van der Waals surface area (Å²) in [7, 11) is 0. The topological polar surface area (TPSA) is 78.0 Å². The van der Waals surface area contributed by atoms with E-state index in [9.17, 15) is 23.1 Å². The van der Waals surface area contributed by atoms with Crippen LogP contribution in [0.15, 0.2) is 85.1 Å². The summed E-state index contributed by atoms with van der Waals surface area (Å²) in [4.78, 5) is 19.2. The van der Waals surface area contributed by atoms with Crippen molar-refractivity contribution in [1.82, 2.24) is 9.88 Å². The van der Waals surface area contributed by atoms with E-state index < -0.39 is 23.3 Å². The Bertz CT molecular complexity index is 1880. The van der Waals surface area contributed by atoms with Crippen LogP contribution >= 0.6 is 0 Å². The maximum atomic E-state index is 13.8. The van der Waals surface area contributed by atoms with Crippen molar-refractivity contribution in [2.45, 2.75) is 6.18 Å². The van der Waals surface area contributed by atoms with Crippen LogP contribution in [0.2, 0.25) is 0 Å². The van der Waals surface area contributed by atoms with Crippen LogP contribution in [-0.4, -0.2) is 60.4 Å². The molecule has 7 rings (SSSR count). The van der Waals surface area contributed by atoms with Gasteiger partial charge in [-0.25, -0.2) is 4.79 Å². The Morgan fingerprint density at radius 3 is 2.07 bits per heavy atom. The van der Waals surface area contributed by atoms with Gasteiger partial charge in [-0.1, -0.05) is 24.3 Å². The third kappa shape index (κ3) is 5.27. The second kappa shape index (κ2) is 11.0. The minimum atomic E-state index is -4.82. The van der Waals surface area contributed by atoms with Crippen molar-refractivity contribution >= 4 is 28.2 Å². The SMILES string of the molecule is O=C(O)c1ccc(-c2ccc3c(c2)Oc2cc(-c4ccc5[nH]ccc5c4)ccc2N3CCN2CCOCC2)cc1C(F)(F)F. The van der Waals surface area contributed by atoms with Crippen molar-refractivity contribution in [3.05, 3.63) is 96.2 Å². The number of nitrogens with one attached hydrogen (secondary N) is 1. The molecule has 3 heterocycles. The largest absolute Gasteiger partial charge is 0.478 e. The molecule has 0 spiro atoms. The van der Waals surface area contributed by atoms with Gasteiger partial charge in [-0.3, -0.25) is 4.90 Å². The lowest BCUT2D eigenvalue weighted by Gasteiger charge is -2.35. The van der Waals surface area contributed by atoms with Crippen molar-refractivity contribution in [3.63, 3.8) is 0 Å². The lowest BCUT2D eigenvalue weighted by atomic mass is 9.97. The van der Waals surface area contributed by atoms with Gasteiger partial charge in [-0.05, 0) is 82.2 Å². The Morgan fingerprint density at radius 2 is 1.41 bits per heavy atom. The fourth-order valence-corrected chi connectivity index (χ4v) is 5.93. The van der Waals surface area contributed by atoms with E-state index in [0.29, 0.717) is 36.8 Å². The van der Waals surface area contributed by atoms with Gasteiger partial charge in [0.15, 0.2) is 11.5 Å². The van der Waals surface area contributed by atoms with E-state index in [2.05, 4.69) is 26.9 Å². The van der Waals surface area contributed by atoms with Crippen LogP contribution in [0.4, 0.5) is 24.5 Å². The van der Waals surface area contributed by atoms with Crippen LogP contribution in [0.1, 0.15) is 15.9 Å². The molecular formula is C34H28F3N3O4. The molecular weight excluding hydrogens is 571 g/mol. The molecule has 0 unspecified atom stereocenters. The number of hydrogen-bond donors (Lipinski definition) is 2. The molecule has 5 aromatic rings. The third-order valence-corrected chi connectivity index (χ3v) is 8.24. The van der Waals surface area contributed by atoms with Gasteiger partial charge in [0.1, 0.15) is 0 Å². The molecule has 2 aliphatic heterocycles. The number of hydrogen-bond acceptors (Lipinski definition) is 5. The van der Waals surface area contributed by atoms with E-state index in [-0.39, 0.29) is 5.56 Å². The van der Waals surface area contributed by atoms with Gasteiger partial charge in [0.05, 0.1) is 35.7 Å². The summed E-state index contributed by atoms with van der Waals surface area (Å²) < 4.78 is 53.3. The molecule has 10 heteroatoms. The Hall–Kier alpha value is -4.80. The number of aromatic amines is 1. The number of nitrogens with zero attached hydrogens (tertiary/aromatic N) is 2. The zero-order valence-electron chi connectivity index (χ0n) is 23.5. The molecule has 2 N–H and O–H groups in total. The molecule has 0 aliphatic carbocycles. The summed E-state index contributed by atoms with van der Waals surface area (Å²) in [6.45, 7) is 4.53. The fourth-order valence-electron chi connectivity index (χ4n) is 5.93. The summed E-state index contributed by atoms with van der Waals surface area (Å²) in [6, 6.07) is 22.9. The number of carbonyl (C=O) groups is 1. The molecule has 1 aromatic heterocycles. The van der Waals surface area contributed by atoms with Gasteiger partial charge >= 0.3 is 12.1 Å². The van der Waals surface area contributed by atoms with Crippen molar-refractivity contribution in [2.75, 3.05) is 44.3 Å². The van der Waals surface area contributed by atoms with Crippen LogP contribution in [0.5, 0.6) is 11.5 Å². The highest BCUT2D eigenvalue weighted by Crippen LogP contribution is 2.49. The first kappa shape index (κ1) is 28.0. The second-order valence-corrected chi connectivity index (χ2v) is 10.9. The molecule has 4 aromatic carbocycles. The lowest BCUT2D eigenvalue weighted by Crippen LogP contribution is -2.41. The second-order valence-electron chi connectivity index (χ2n) is 10.9. The molecule has 1 fully saturated rings. The summed E-state index contributed by atoms with van der Waals surface area (Å²) in [5, 5.41) is 10.4. The molecule has 44 heavy (non-hydrogen) atoms. The quantitative estimate of drug-likeness (QED) is 0.208.